The first kappa shape index (κ1) is 21.8. The van der Waals surface area contributed by atoms with Crippen molar-refractivity contribution in [2.75, 3.05) is 10.6 Å². The zero-order valence-electron chi connectivity index (χ0n) is 17.7. The van der Waals surface area contributed by atoms with Crippen LogP contribution in [0.15, 0.2) is 66.7 Å². The topological polar surface area (TPSA) is 75.7 Å². The van der Waals surface area contributed by atoms with Crippen molar-refractivity contribution in [2.45, 2.75) is 25.9 Å². The minimum absolute atomic E-state index is 0.172. The minimum Gasteiger partial charge on any atom is -0.457 e. The van der Waals surface area contributed by atoms with Gasteiger partial charge in [-0.1, -0.05) is 12.1 Å². The van der Waals surface area contributed by atoms with E-state index >= 15 is 0 Å². The lowest BCUT2D eigenvalue weighted by molar-refractivity contribution is 0.0951. The summed E-state index contributed by atoms with van der Waals surface area (Å²) >= 11 is 0. The van der Waals surface area contributed by atoms with Gasteiger partial charge in [0.1, 0.15) is 17.3 Å². The quantitative estimate of drug-likeness (QED) is 0.604. The van der Waals surface area contributed by atoms with Gasteiger partial charge in [0.05, 0.1) is 11.9 Å². The number of hydrogen-bond donors (Lipinski definition) is 1. The van der Waals surface area contributed by atoms with E-state index in [4.69, 9.17) is 4.74 Å². The Kier molecular flexibility index (Phi) is 5.88. The van der Waals surface area contributed by atoms with E-state index in [1.54, 1.807) is 42.5 Å². The third kappa shape index (κ3) is 4.75. The number of carbonyl (C=O) groups excluding carboxylic acids is 1. The summed E-state index contributed by atoms with van der Waals surface area (Å²) in [5.41, 5.74) is 2.86. The number of nitrogens with zero attached hydrogens (tertiary/aromatic N) is 1. The average molecular weight is 455 g/mol. The molecular formula is C24H23FN2O4S. The van der Waals surface area contributed by atoms with Gasteiger partial charge < -0.3 is 10.1 Å². The molecule has 0 aromatic heterocycles. The van der Waals surface area contributed by atoms with Gasteiger partial charge in [0.2, 0.25) is 10.0 Å². The first-order chi connectivity index (χ1) is 15.2. The molecule has 0 saturated heterocycles. The van der Waals surface area contributed by atoms with E-state index in [0.717, 1.165) is 11.1 Å². The van der Waals surface area contributed by atoms with Crippen LogP contribution in [0.5, 0.6) is 11.5 Å². The van der Waals surface area contributed by atoms with Crippen LogP contribution in [0.2, 0.25) is 0 Å². The fourth-order valence-corrected chi connectivity index (χ4v) is 5.11. The van der Waals surface area contributed by atoms with Crippen molar-refractivity contribution >= 4 is 21.6 Å². The standard InChI is InChI=1S/C24H23FN2O4S/c1-16-13-19-14-18(5-12-23(19)27(16)32(2,29)30)24(28)26-15-17-3-8-21(9-4-17)31-22-10-6-20(25)7-11-22/h3-12,14,16H,13,15H2,1-2H3,(H,26,28). The van der Waals surface area contributed by atoms with Gasteiger partial charge in [0, 0.05) is 18.2 Å². The number of nitrogens with one attached hydrogen (secondary N) is 1. The third-order valence-electron chi connectivity index (χ3n) is 5.28. The molecule has 0 bridgehead atoms. The summed E-state index contributed by atoms with van der Waals surface area (Å²) < 4.78 is 44.1. The lowest BCUT2D eigenvalue weighted by Gasteiger charge is -2.21. The van der Waals surface area contributed by atoms with Crippen LogP contribution in [0.1, 0.15) is 28.4 Å². The molecule has 1 aliphatic heterocycles. The Morgan fingerprint density at radius 1 is 1.06 bits per heavy atom. The highest BCUT2D eigenvalue weighted by Crippen LogP contribution is 2.34. The Balaban J connectivity index is 1.38. The maximum Gasteiger partial charge on any atom is 0.251 e. The van der Waals surface area contributed by atoms with Gasteiger partial charge in [-0.25, -0.2) is 12.8 Å². The van der Waals surface area contributed by atoms with Crippen molar-refractivity contribution < 1.29 is 22.3 Å². The monoisotopic (exact) mass is 454 g/mol. The molecule has 1 amide bonds. The molecule has 166 valence electrons. The number of benzene rings is 3. The van der Waals surface area contributed by atoms with Crippen molar-refractivity contribution in [3.8, 4) is 11.5 Å². The number of carbonyl (C=O) groups is 1. The fraction of sp³-hybridized carbons (Fsp3) is 0.208. The molecule has 1 heterocycles. The summed E-state index contributed by atoms with van der Waals surface area (Å²) in [6.07, 6.45) is 1.76. The highest BCUT2D eigenvalue weighted by atomic mass is 32.2. The van der Waals surface area contributed by atoms with Gasteiger partial charge in [-0.3, -0.25) is 9.10 Å². The molecule has 3 aromatic rings. The third-order valence-corrected chi connectivity index (χ3v) is 6.55. The number of halogens is 1. The van der Waals surface area contributed by atoms with Crippen LogP contribution >= 0.6 is 0 Å². The number of anilines is 1. The van der Waals surface area contributed by atoms with Crippen molar-refractivity contribution in [3.05, 3.63) is 89.2 Å². The lowest BCUT2D eigenvalue weighted by atomic mass is 10.1. The largest absolute Gasteiger partial charge is 0.457 e. The molecule has 6 nitrogen and oxygen atoms in total. The van der Waals surface area contributed by atoms with Crippen LogP contribution in [-0.4, -0.2) is 26.6 Å². The summed E-state index contributed by atoms with van der Waals surface area (Å²) in [6, 6.07) is 17.9. The van der Waals surface area contributed by atoms with E-state index in [1.807, 2.05) is 19.1 Å². The van der Waals surface area contributed by atoms with E-state index in [1.165, 1.54) is 22.7 Å². The highest BCUT2D eigenvalue weighted by Gasteiger charge is 2.32. The van der Waals surface area contributed by atoms with Crippen LogP contribution in [0, 0.1) is 5.82 Å². The lowest BCUT2D eigenvalue weighted by Crippen LogP contribution is -2.34. The van der Waals surface area contributed by atoms with Crippen molar-refractivity contribution in [3.63, 3.8) is 0 Å². The second-order valence-electron chi connectivity index (χ2n) is 7.84. The van der Waals surface area contributed by atoms with Crippen LogP contribution in [0.3, 0.4) is 0 Å². The first-order valence-electron chi connectivity index (χ1n) is 10.1. The van der Waals surface area contributed by atoms with Crippen molar-refractivity contribution in [1.29, 1.82) is 0 Å². The van der Waals surface area contributed by atoms with Crippen LogP contribution in [0.25, 0.3) is 0 Å². The summed E-state index contributed by atoms with van der Waals surface area (Å²) in [5, 5.41) is 2.88. The molecule has 1 unspecified atom stereocenters. The fourth-order valence-electron chi connectivity index (χ4n) is 3.85. The molecule has 0 spiro atoms. The molecule has 1 aliphatic rings. The molecule has 4 rings (SSSR count). The van der Waals surface area contributed by atoms with E-state index in [-0.39, 0.29) is 17.8 Å². The zero-order valence-corrected chi connectivity index (χ0v) is 18.5. The van der Waals surface area contributed by atoms with Gasteiger partial charge in [-0.2, -0.15) is 0 Å². The molecular weight excluding hydrogens is 431 g/mol. The molecule has 32 heavy (non-hydrogen) atoms. The molecule has 0 aliphatic carbocycles. The normalized spacial score (nSPS) is 15.3. The summed E-state index contributed by atoms with van der Waals surface area (Å²) in [5.74, 6) is 0.585. The van der Waals surface area contributed by atoms with Crippen LogP contribution in [-0.2, 0) is 23.0 Å². The van der Waals surface area contributed by atoms with Crippen molar-refractivity contribution in [1.82, 2.24) is 5.32 Å². The van der Waals surface area contributed by atoms with Gasteiger partial charge in [0.15, 0.2) is 0 Å². The predicted molar refractivity (Wildman–Crippen MR) is 121 cm³/mol. The van der Waals surface area contributed by atoms with E-state index in [0.29, 0.717) is 35.7 Å². The molecule has 3 aromatic carbocycles. The van der Waals surface area contributed by atoms with E-state index < -0.39 is 10.0 Å². The smallest absolute Gasteiger partial charge is 0.251 e. The van der Waals surface area contributed by atoms with Gasteiger partial charge >= 0.3 is 0 Å². The number of amides is 1. The summed E-state index contributed by atoms with van der Waals surface area (Å²) in [7, 11) is -3.36. The van der Waals surface area contributed by atoms with E-state index in [2.05, 4.69) is 5.32 Å². The Labute approximate surface area is 186 Å². The molecule has 1 N–H and O–H groups in total. The van der Waals surface area contributed by atoms with Gasteiger partial charge in [0.25, 0.3) is 5.91 Å². The Morgan fingerprint density at radius 2 is 1.69 bits per heavy atom. The predicted octanol–water partition coefficient (Wildman–Crippen LogP) is 4.26. The maximum absolute atomic E-state index is 13.0. The zero-order chi connectivity index (χ0) is 22.9. The number of sulfonamides is 1. The Hall–Kier alpha value is -3.39. The number of fused-ring (bicyclic) bond motifs is 1. The molecule has 8 heteroatoms. The second-order valence-corrected chi connectivity index (χ2v) is 9.70. The number of rotatable bonds is 6. The highest BCUT2D eigenvalue weighted by molar-refractivity contribution is 7.92. The van der Waals surface area contributed by atoms with Crippen LogP contribution < -0.4 is 14.4 Å². The first-order valence-corrected chi connectivity index (χ1v) is 12.0. The maximum atomic E-state index is 13.0. The Morgan fingerprint density at radius 3 is 2.31 bits per heavy atom. The minimum atomic E-state index is -3.36. The molecule has 0 fully saturated rings. The van der Waals surface area contributed by atoms with Gasteiger partial charge in [-0.15, -0.1) is 0 Å². The summed E-state index contributed by atoms with van der Waals surface area (Å²) in [4.78, 5) is 12.6. The van der Waals surface area contributed by atoms with Crippen LogP contribution in [0.4, 0.5) is 10.1 Å². The van der Waals surface area contributed by atoms with Crippen molar-refractivity contribution in [2.24, 2.45) is 0 Å². The number of hydrogen-bond acceptors (Lipinski definition) is 4. The van der Waals surface area contributed by atoms with E-state index in [9.17, 15) is 17.6 Å². The molecule has 0 radical (unpaired) electrons. The Bertz CT molecular complexity index is 1240. The molecule has 1 atom stereocenters. The van der Waals surface area contributed by atoms with Gasteiger partial charge in [-0.05, 0) is 79.1 Å². The number of ether oxygens (including phenoxy) is 1. The summed E-state index contributed by atoms with van der Waals surface area (Å²) in [6.45, 7) is 2.18. The average Bonchev–Trinajstić information content (AvgIpc) is 3.10. The second kappa shape index (κ2) is 8.63. The SMILES string of the molecule is CC1Cc2cc(C(=O)NCc3ccc(Oc4ccc(F)cc4)cc3)ccc2N1S(C)(=O)=O. The molecule has 0 saturated carbocycles.